The summed E-state index contributed by atoms with van der Waals surface area (Å²) in [7, 11) is 0. The molecule has 0 amide bonds. The third-order valence-corrected chi connectivity index (χ3v) is 3.43. The van der Waals surface area contributed by atoms with E-state index in [1.165, 1.54) is 38.5 Å². The van der Waals surface area contributed by atoms with E-state index in [-0.39, 0.29) is 12.1 Å². The fourth-order valence-electron chi connectivity index (χ4n) is 2.43. The van der Waals surface area contributed by atoms with Gasteiger partial charge in [-0.1, -0.05) is 39.2 Å². The van der Waals surface area contributed by atoms with Crippen molar-refractivity contribution >= 4 is 5.97 Å². The molecule has 1 fully saturated rings. The Bertz CT molecular complexity index is 237. The Hall–Kier alpha value is -0.790. The lowest BCUT2D eigenvalue weighted by Gasteiger charge is -2.25. The van der Waals surface area contributed by atoms with E-state index < -0.39 is 0 Å². The van der Waals surface area contributed by atoms with Gasteiger partial charge in [-0.3, -0.25) is 0 Å². The van der Waals surface area contributed by atoms with E-state index >= 15 is 0 Å². The Morgan fingerprint density at radius 2 is 1.88 bits per heavy atom. The van der Waals surface area contributed by atoms with Gasteiger partial charge in [-0.2, -0.15) is 0 Å². The largest absolute Gasteiger partial charge is 0.459 e. The van der Waals surface area contributed by atoms with E-state index in [1.807, 2.05) is 0 Å². The lowest BCUT2D eigenvalue weighted by atomic mass is 9.92. The van der Waals surface area contributed by atoms with Crippen LogP contribution < -0.4 is 0 Å². The predicted molar refractivity (Wildman–Crippen MR) is 66.2 cm³/mol. The van der Waals surface area contributed by atoms with Gasteiger partial charge in [0.1, 0.15) is 6.10 Å². The van der Waals surface area contributed by atoms with Crippen LogP contribution in [0, 0.1) is 5.92 Å². The van der Waals surface area contributed by atoms with Crippen LogP contribution in [0.2, 0.25) is 0 Å². The normalized spacial score (nSPS) is 19.9. The maximum atomic E-state index is 11.5. The van der Waals surface area contributed by atoms with E-state index in [2.05, 4.69) is 13.5 Å². The first kappa shape index (κ1) is 13.3. The molecule has 0 bridgehead atoms. The van der Waals surface area contributed by atoms with Gasteiger partial charge >= 0.3 is 5.97 Å². The number of carbonyl (C=O) groups excluding carboxylic acids is 1. The number of carbonyl (C=O) groups is 1. The molecule has 1 atom stereocenters. The Labute approximate surface area is 99.1 Å². The average molecular weight is 224 g/mol. The molecule has 0 aliphatic heterocycles. The minimum Gasteiger partial charge on any atom is -0.459 e. The van der Waals surface area contributed by atoms with Gasteiger partial charge < -0.3 is 4.74 Å². The summed E-state index contributed by atoms with van der Waals surface area (Å²) in [6.07, 6.45) is 8.68. The van der Waals surface area contributed by atoms with Gasteiger partial charge in [-0.25, -0.2) is 4.79 Å². The van der Waals surface area contributed by atoms with Crippen LogP contribution in [0.4, 0.5) is 0 Å². The number of esters is 1. The van der Waals surface area contributed by atoms with E-state index in [1.54, 1.807) is 6.92 Å². The van der Waals surface area contributed by atoms with Crippen molar-refractivity contribution in [1.29, 1.82) is 0 Å². The van der Waals surface area contributed by atoms with Crippen LogP contribution in [0.15, 0.2) is 12.2 Å². The van der Waals surface area contributed by atoms with Crippen molar-refractivity contribution < 1.29 is 9.53 Å². The van der Waals surface area contributed by atoms with Crippen molar-refractivity contribution in [2.75, 3.05) is 0 Å². The zero-order chi connectivity index (χ0) is 12.0. The molecule has 2 nitrogen and oxygen atoms in total. The maximum Gasteiger partial charge on any atom is 0.333 e. The van der Waals surface area contributed by atoms with Crippen molar-refractivity contribution in [2.45, 2.75) is 64.9 Å². The van der Waals surface area contributed by atoms with Gasteiger partial charge in [0.15, 0.2) is 0 Å². The topological polar surface area (TPSA) is 26.3 Å². The second kappa shape index (κ2) is 6.72. The monoisotopic (exact) mass is 224 g/mol. The zero-order valence-electron chi connectivity index (χ0n) is 10.6. The molecule has 0 aromatic heterocycles. The molecule has 0 saturated heterocycles. The molecule has 2 heteroatoms. The SMILES string of the molecule is C=C(C)C(=O)OC(CC)C1CCCCCC1. The smallest absolute Gasteiger partial charge is 0.333 e. The summed E-state index contributed by atoms with van der Waals surface area (Å²) in [5.41, 5.74) is 0.507. The number of rotatable bonds is 4. The van der Waals surface area contributed by atoms with Crippen LogP contribution in [0.3, 0.4) is 0 Å². The van der Waals surface area contributed by atoms with Crippen molar-refractivity contribution in [3.8, 4) is 0 Å². The summed E-state index contributed by atoms with van der Waals surface area (Å²) in [5, 5.41) is 0. The van der Waals surface area contributed by atoms with Crippen LogP contribution in [0.25, 0.3) is 0 Å². The Morgan fingerprint density at radius 1 is 1.31 bits per heavy atom. The molecule has 92 valence electrons. The first-order valence-corrected chi connectivity index (χ1v) is 6.51. The molecular formula is C14H24O2. The lowest BCUT2D eigenvalue weighted by Crippen LogP contribution is -2.26. The van der Waals surface area contributed by atoms with Crippen molar-refractivity contribution in [1.82, 2.24) is 0 Å². The molecular weight excluding hydrogens is 200 g/mol. The maximum absolute atomic E-state index is 11.5. The molecule has 1 aliphatic carbocycles. The Kier molecular flexibility index (Phi) is 5.58. The average Bonchev–Trinajstić information content (AvgIpc) is 2.53. The van der Waals surface area contributed by atoms with Gasteiger partial charge in [0, 0.05) is 5.57 Å². The first-order chi connectivity index (χ1) is 7.65. The molecule has 1 aliphatic rings. The highest BCUT2D eigenvalue weighted by Crippen LogP contribution is 2.28. The molecule has 0 heterocycles. The van der Waals surface area contributed by atoms with E-state index in [0.717, 1.165) is 6.42 Å². The summed E-state index contributed by atoms with van der Waals surface area (Å²) < 4.78 is 5.52. The van der Waals surface area contributed by atoms with Crippen LogP contribution in [0.5, 0.6) is 0 Å². The van der Waals surface area contributed by atoms with Crippen LogP contribution in [-0.4, -0.2) is 12.1 Å². The molecule has 1 rings (SSSR count). The van der Waals surface area contributed by atoms with Crippen molar-refractivity contribution in [3.63, 3.8) is 0 Å². The van der Waals surface area contributed by atoms with Crippen LogP contribution in [-0.2, 0) is 9.53 Å². The molecule has 1 unspecified atom stereocenters. The summed E-state index contributed by atoms with van der Waals surface area (Å²) >= 11 is 0. The summed E-state index contributed by atoms with van der Waals surface area (Å²) in [4.78, 5) is 11.5. The summed E-state index contributed by atoms with van der Waals surface area (Å²) in [5.74, 6) is 0.340. The second-order valence-corrected chi connectivity index (χ2v) is 4.88. The quantitative estimate of drug-likeness (QED) is 0.412. The van der Waals surface area contributed by atoms with Gasteiger partial charge in [0.05, 0.1) is 0 Å². The van der Waals surface area contributed by atoms with Gasteiger partial charge in [-0.05, 0) is 32.1 Å². The molecule has 1 saturated carbocycles. The van der Waals surface area contributed by atoms with Gasteiger partial charge in [-0.15, -0.1) is 0 Å². The van der Waals surface area contributed by atoms with E-state index in [0.29, 0.717) is 11.5 Å². The third-order valence-electron chi connectivity index (χ3n) is 3.43. The molecule has 0 aromatic carbocycles. The lowest BCUT2D eigenvalue weighted by molar-refractivity contribution is -0.147. The predicted octanol–water partition coefficient (Wildman–Crippen LogP) is 3.85. The van der Waals surface area contributed by atoms with E-state index in [9.17, 15) is 4.79 Å². The van der Waals surface area contributed by atoms with E-state index in [4.69, 9.17) is 4.74 Å². The van der Waals surface area contributed by atoms with Crippen molar-refractivity contribution in [3.05, 3.63) is 12.2 Å². The van der Waals surface area contributed by atoms with Crippen molar-refractivity contribution in [2.24, 2.45) is 5.92 Å². The molecule has 0 spiro atoms. The fraction of sp³-hybridized carbons (Fsp3) is 0.786. The molecule has 0 radical (unpaired) electrons. The van der Waals surface area contributed by atoms with Crippen LogP contribution >= 0.6 is 0 Å². The van der Waals surface area contributed by atoms with Gasteiger partial charge in [0.25, 0.3) is 0 Å². The number of ether oxygens (including phenoxy) is 1. The highest BCUT2D eigenvalue weighted by atomic mass is 16.5. The first-order valence-electron chi connectivity index (χ1n) is 6.51. The third kappa shape index (κ3) is 3.99. The number of hydrogen-bond donors (Lipinski definition) is 0. The standard InChI is InChI=1S/C14H24O2/c1-4-13(16-14(15)11(2)3)12-9-7-5-6-8-10-12/h12-13H,2,4-10H2,1,3H3. The second-order valence-electron chi connectivity index (χ2n) is 4.88. The number of hydrogen-bond acceptors (Lipinski definition) is 2. The highest BCUT2D eigenvalue weighted by Gasteiger charge is 2.24. The molecule has 16 heavy (non-hydrogen) atoms. The fourth-order valence-corrected chi connectivity index (χ4v) is 2.43. The zero-order valence-corrected chi connectivity index (χ0v) is 10.6. The minimum absolute atomic E-state index is 0.0994. The Morgan fingerprint density at radius 3 is 2.31 bits per heavy atom. The Balaban J connectivity index is 2.51. The summed E-state index contributed by atoms with van der Waals surface area (Å²) in [6.45, 7) is 7.44. The van der Waals surface area contributed by atoms with Crippen LogP contribution in [0.1, 0.15) is 58.8 Å². The summed E-state index contributed by atoms with van der Waals surface area (Å²) in [6, 6.07) is 0. The molecule has 0 N–H and O–H groups in total. The van der Waals surface area contributed by atoms with Gasteiger partial charge in [0.2, 0.25) is 0 Å². The minimum atomic E-state index is -0.226. The highest BCUT2D eigenvalue weighted by molar-refractivity contribution is 5.87. The molecule has 0 aromatic rings.